The van der Waals surface area contributed by atoms with Crippen LogP contribution in [0.3, 0.4) is 0 Å². The molecule has 0 aromatic heterocycles. The van der Waals surface area contributed by atoms with Crippen LogP contribution in [0.2, 0.25) is 0 Å². The maximum absolute atomic E-state index is 11.7. The fraction of sp³-hybridized carbons (Fsp3) is 0.533. The summed E-state index contributed by atoms with van der Waals surface area (Å²) in [5, 5.41) is 2.86. The third kappa shape index (κ3) is 6.46. The lowest BCUT2D eigenvalue weighted by Crippen LogP contribution is -2.26. The number of nitrogens with one attached hydrogen (secondary N) is 1. The third-order valence-corrected chi connectivity index (χ3v) is 4.49. The number of halogens is 1. The molecule has 0 aliphatic rings. The van der Waals surface area contributed by atoms with Gasteiger partial charge in [0, 0.05) is 31.6 Å². The van der Waals surface area contributed by atoms with Gasteiger partial charge in [-0.1, -0.05) is 0 Å². The van der Waals surface area contributed by atoms with Crippen LogP contribution >= 0.6 is 27.7 Å². The fourth-order valence-corrected chi connectivity index (χ4v) is 3.10. The van der Waals surface area contributed by atoms with E-state index >= 15 is 0 Å². The van der Waals surface area contributed by atoms with E-state index in [0.717, 1.165) is 28.0 Å². The Morgan fingerprint density at radius 2 is 1.95 bits per heavy atom. The van der Waals surface area contributed by atoms with E-state index in [4.69, 9.17) is 14.2 Å². The van der Waals surface area contributed by atoms with Crippen molar-refractivity contribution in [2.24, 2.45) is 0 Å². The minimum atomic E-state index is 0.0316. The molecule has 0 radical (unpaired) electrons. The lowest BCUT2D eigenvalue weighted by atomic mass is 10.2. The van der Waals surface area contributed by atoms with E-state index in [1.54, 1.807) is 21.3 Å². The van der Waals surface area contributed by atoms with Gasteiger partial charge in [-0.2, -0.15) is 0 Å². The van der Waals surface area contributed by atoms with Gasteiger partial charge in [0.25, 0.3) is 0 Å². The van der Waals surface area contributed by atoms with Gasteiger partial charge >= 0.3 is 0 Å². The van der Waals surface area contributed by atoms with Crippen LogP contribution in [0.25, 0.3) is 0 Å². The summed E-state index contributed by atoms with van der Waals surface area (Å²) in [6.45, 7) is 1.30. The number of methoxy groups -OCH3 is 3. The number of carbonyl (C=O) groups excluding carboxylic acids is 1. The Kier molecular flexibility index (Phi) is 9.34. The van der Waals surface area contributed by atoms with Gasteiger partial charge < -0.3 is 19.5 Å². The number of ether oxygens (including phenoxy) is 3. The molecule has 0 aliphatic heterocycles. The average molecular weight is 392 g/mol. The number of hydrogen-bond acceptors (Lipinski definition) is 5. The van der Waals surface area contributed by atoms with Crippen molar-refractivity contribution in [1.82, 2.24) is 5.32 Å². The highest BCUT2D eigenvalue weighted by Gasteiger charge is 2.10. The monoisotopic (exact) mass is 391 g/mol. The van der Waals surface area contributed by atoms with Crippen molar-refractivity contribution in [3.05, 3.63) is 22.2 Å². The molecule has 0 unspecified atom stereocenters. The maximum Gasteiger partial charge on any atom is 0.230 e. The summed E-state index contributed by atoms with van der Waals surface area (Å²) in [4.78, 5) is 11.7. The molecule has 1 aromatic rings. The molecular weight excluding hydrogens is 370 g/mol. The molecule has 0 fully saturated rings. The van der Waals surface area contributed by atoms with Crippen molar-refractivity contribution < 1.29 is 19.0 Å². The summed E-state index contributed by atoms with van der Waals surface area (Å²) in [5.74, 6) is 2.65. The smallest absolute Gasteiger partial charge is 0.230 e. The summed E-state index contributed by atoms with van der Waals surface area (Å²) in [7, 11) is 4.90. The summed E-state index contributed by atoms with van der Waals surface area (Å²) in [6, 6.07) is 3.80. The molecule has 0 bridgehead atoms. The van der Waals surface area contributed by atoms with E-state index in [9.17, 15) is 4.79 Å². The van der Waals surface area contributed by atoms with Gasteiger partial charge in [-0.25, -0.2) is 0 Å². The number of carbonyl (C=O) groups is 1. The zero-order valence-electron chi connectivity index (χ0n) is 13.1. The van der Waals surface area contributed by atoms with Crippen molar-refractivity contribution in [3.8, 4) is 11.5 Å². The number of benzene rings is 1. The fourth-order valence-electron chi connectivity index (χ4n) is 1.79. The van der Waals surface area contributed by atoms with Crippen LogP contribution in [0.15, 0.2) is 16.6 Å². The van der Waals surface area contributed by atoms with Crippen LogP contribution in [0.1, 0.15) is 12.0 Å². The normalized spacial score (nSPS) is 10.4. The second-order valence-corrected chi connectivity index (χ2v) is 6.33. The Balaban J connectivity index is 2.45. The lowest BCUT2D eigenvalue weighted by Gasteiger charge is -2.12. The first kappa shape index (κ1) is 19.1. The lowest BCUT2D eigenvalue weighted by molar-refractivity contribution is -0.118. The van der Waals surface area contributed by atoms with Crippen molar-refractivity contribution in [2.45, 2.75) is 12.2 Å². The van der Waals surface area contributed by atoms with E-state index in [1.165, 1.54) is 11.8 Å². The molecule has 7 heteroatoms. The molecule has 0 atom stereocenters. The van der Waals surface area contributed by atoms with Gasteiger partial charge in [-0.3, -0.25) is 4.79 Å². The highest BCUT2D eigenvalue weighted by Crippen LogP contribution is 2.34. The molecule has 1 aromatic carbocycles. The molecule has 0 saturated carbocycles. The largest absolute Gasteiger partial charge is 0.496 e. The summed E-state index contributed by atoms with van der Waals surface area (Å²) >= 11 is 4.97. The van der Waals surface area contributed by atoms with Gasteiger partial charge in [-0.05, 0) is 34.5 Å². The van der Waals surface area contributed by atoms with Gasteiger partial charge in [0.2, 0.25) is 5.91 Å². The van der Waals surface area contributed by atoms with Crippen molar-refractivity contribution in [3.63, 3.8) is 0 Å². The van der Waals surface area contributed by atoms with Crippen LogP contribution in [-0.4, -0.2) is 46.1 Å². The van der Waals surface area contributed by atoms with Gasteiger partial charge in [0.1, 0.15) is 11.5 Å². The Hall–Kier alpha value is -0.920. The van der Waals surface area contributed by atoms with Crippen LogP contribution < -0.4 is 14.8 Å². The number of rotatable bonds is 10. The van der Waals surface area contributed by atoms with E-state index in [-0.39, 0.29) is 5.91 Å². The van der Waals surface area contributed by atoms with E-state index in [2.05, 4.69) is 21.2 Å². The van der Waals surface area contributed by atoms with Gasteiger partial charge in [0.15, 0.2) is 0 Å². The number of amides is 1. The predicted octanol–water partition coefficient (Wildman–Crippen LogP) is 2.85. The van der Waals surface area contributed by atoms with E-state index in [0.29, 0.717) is 24.7 Å². The second kappa shape index (κ2) is 10.7. The minimum Gasteiger partial charge on any atom is -0.496 e. The predicted molar refractivity (Wildman–Crippen MR) is 92.9 cm³/mol. The zero-order valence-corrected chi connectivity index (χ0v) is 15.5. The molecule has 1 rings (SSSR count). The molecule has 0 saturated heterocycles. The quantitative estimate of drug-likeness (QED) is 0.621. The highest BCUT2D eigenvalue weighted by atomic mass is 79.9. The third-order valence-electron chi connectivity index (χ3n) is 2.89. The first-order valence-corrected chi connectivity index (χ1v) is 8.81. The Bertz CT molecular complexity index is 485. The molecule has 124 valence electrons. The molecule has 1 N–H and O–H groups in total. The SMILES string of the molecule is COCCCNC(=O)CSCc1cc(OC)c(Br)cc1OC. The Labute approximate surface area is 144 Å². The molecule has 0 heterocycles. The topological polar surface area (TPSA) is 56.8 Å². The summed E-state index contributed by atoms with van der Waals surface area (Å²) in [5.41, 5.74) is 1.000. The number of thioether (sulfide) groups is 1. The molecular formula is C15H22BrNO4S. The molecule has 0 spiro atoms. The maximum atomic E-state index is 11.7. The zero-order chi connectivity index (χ0) is 16.4. The van der Waals surface area contributed by atoms with Crippen LogP contribution in [0.4, 0.5) is 0 Å². The van der Waals surface area contributed by atoms with E-state index in [1.807, 2.05) is 12.1 Å². The average Bonchev–Trinajstić information content (AvgIpc) is 2.52. The Morgan fingerprint density at radius 3 is 2.59 bits per heavy atom. The summed E-state index contributed by atoms with van der Waals surface area (Å²) in [6.07, 6.45) is 0.824. The highest BCUT2D eigenvalue weighted by molar-refractivity contribution is 9.10. The van der Waals surface area contributed by atoms with Crippen molar-refractivity contribution in [2.75, 3.05) is 40.2 Å². The summed E-state index contributed by atoms with van der Waals surface area (Å²) < 4.78 is 16.4. The first-order chi connectivity index (χ1) is 10.6. The molecule has 22 heavy (non-hydrogen) atoms. The van der Waals surface area contributed by atoms with Crippen molar-refractivity contribution in [1.29, 1.82) is 0 Å². The Morgan fingerprint density at radius 1 is 1.23 bits per heavy atom. The standard InChI is InChI=1S/C15H22BrNO4S/c1-19-6-4-5-17-15(18)10-22-9-11-7-14(21-3)12(16)8-13(11)20-2/h7-8H,4-6,9-10H2,1-3H3,(H,17,18). The number of hydrogen-bond donors (Lipinski definition) is 1. The van der Waals surface area contributed by atoms with E-state index < -0.39 is 0 Å². The minimum absolute atomic E-state index is 0.0316. The molecule has 0 aliphatic carbocycles. The van der Waals surface area contributed by atoms with Crippen molar-refractivity contribution >= 4 is 33.6 Å². The van der Waals surface area contributed by atoms with Crippen LogP contribution in [0.5, 0.6) is 11.5 Å². The van der Waals surface area contributed by atoms with Crippen LogP contribution in [0, 0.1) is 0 Å². The molecule has 1 amide bonds. The van der Waals surface area contributed by atoms with Gasteiger partial charge in [-0.15, -0.1) is 11.8 Å². The second-order valence-electron chi connectivity index (χ2n) is 4.49. The molecule has 5 nitrogen and oxygen atoms in total. The van der Waals surface area contributed by atoms with Crippen LogP contribution in [-0.2, 0) is 15.3 Å². The van der Waals surface area contributed by atoms with Gasteiger partial charge in [0.05, 0.1) is 24.4 Å². The first-order valence-electron chi connectivity index (χ1n) is 6.86.